The largest absolute Gasteiger partial charge is 0.488 e. The molecule has 0 spiro atoms. The maximum absolute atomic E-state index is 17.2. The summed E-state index contributed by atoms with van der Waals surface area (Å²) in [5.74, 6) is -1.56. The summed E-state index contributed by atoms with van der Waals surface area (Å²) in [6.07, 6.45) is -0.416. The van der Waals surface area contributed by atoms with E-state index in [9.17, 15) is 18.8 Å². The van der Waals surface area contributed by atoms with Crippen LogP contribution in [0.2, 0.25) is 5.02 Å². The van der Waals surface area contributed by atoms with Crippen molar-refractivity contribution in [3.8, 4) is 29.0 Å². The zero-order valence-corrected chi connectivity index (χ0v) is 28.7. The first-order chi connectivity index (χ1) is 23.9. The van der Waals surface area contributed by atoms with Crippen molar-refractivity contribution in [2.75, 3.05) is 50.5 Å². The molecule has 3 saturated heterocycles. The van der Waals surface area contributed by atoms with E-state index in [0.717, 1.165) is 49.8 Å². The van der Waals surface area contributed by atoms with Gasteiger partial charge >= 0.3 is 6.01 Å². The Bertz CT molecular complexity index is 2130. The van der Waals surface area contributed by atoms with Crippen molar-refractivity contribution in [3.63, 3.8) is 0 Å². The second-order valence-electron chi connectivity index (χ2n) is 13.7. The predicted octanol–water partition coefficient (Wildman–Crippen LogP) is 6.21. The molecule has 4 aromatic rings. The number of hydrogen-bond donors (Lipinski definition) is 1. The van der Waals surface area contributed by atoms with Crippen molar-refractivity contribution < 1.29 is 31.8 Å². The van der Waals surface area contributed by atoms with E-state index in [1.807, 2.05) is 6.07 Å². The van der Waals surface area contributed by atoms with E-state index in [-0.39, 0.29) is 90.6 Å². The van der Waals surface area contributed by atoms with Crippen LogP contribution in [0, 0.1) is 28.9 Å². The number of fused-ring (bicyclic) bond motifs is 4. The highest BCUT2D eigenvalue weighted by Gasteiger charge is 2.48. The predicted molar refractivity (Wildman–Crippen MR) is 181 cm³/mol. The minimum Gasteiger partial charge on any atom is -0.488 e. The summed E-state index contributed by atoms with van der Waals surface area (Å²) in [4.78, 5) is 28.2. The first-order valence-corrected chi connectivity index (χ1v) is 17.6. The first-order valence-electron chi connectivity index (χ1n) is 16.4. The van der Waals surface area contributed by atoms with Crippen molar-refractivity contribution >= 4 is 60.7 Å². The molecule has 1 amide bonds. The van der Waals surface area contributed by atoms with E-state index >= 15 is 8.78 Å². The number of nitrogens with zero attached hydrogens (tertiary/aromatic N) is 6. The Labute approximate surface area is 293 Å². The fraction of sp³-hybridized carbons (Fsp3) is 0.471. The number of benzene rings is 2. The fourth-order valence-corrected chi connectivity index (χ4v) is 9.71. The molecule has 16 heteroatoms. The Morgan fingerprint density at radius 3 is 2.82 bits per heavy atom. The number of nitrogen functional groups attached to an aromatic ring is 1. The number of carbonyl (C=O) groups is 1. The van der Waals surface area contributed by atoms with Crippen LogP contribution in [0.5, 0.6) is 11.8 Å². The number of likely N-dealkylation sites (N-methyl/N-ethyl adjacent to an activating group) is 1. The van der Waals surface area contributed by atoms with Crippen molar-refractivity contribution in [1.29, 1.82) is 5.26 Å². The molecule has 0 bridgehead atoms. The number of aromatic nitrogens is 2. The van der Waals surface area contributed by atoms with Crippen molar-refractivity contribution in [1.82, 2.24) is 19.8 Å². The number of nitriles is 1. The Morgan fingerprint density at radius 2 is 2.06 bits per heavy atom. The van der Waals surface area contributed by atoms with Gasteiger partial charge in [0.25, 0.3) is 0 Å². The normalized spacial score (nSPS) is 24.9. The molecule has 0 saturated carbocycles. The molecule has 2 aromatic carbocycles. The van der Waals surface area contributed by atoms with Gasteiger partial charge in [-0.05, 0) is 43.4 Å². The lowest BCUT2D eigenvalue weighted by atomic mass is 9.92. The summed E-state index contributed by atoms with van der Waals surface area (Å²) in [6.45, 7) is 4.00. The van der Waals surface area contributed by atoms with Gasteiger partial charge in [0, 0.05) is 37.5 Å². The second kappa shape index (κ2) is 12.0. The summed E-state index contributed by atoms with van der Waals surface area (Å²) in [5, 5.41) is 9.90. The van der Waals surface area contributed by atoms with Gasteiger partial charge in [-0.2, -0.15) is 15.2 Å². The molecule has 3 fully saturated rings. The standard InChI is InChI=1S/C34H32ClF4N7O3S/c1-15-9-34(6-3-7-45(34)11-15)14-49-33-42-27-24-28(48-13-20-32(47)44(2)16(8-21(37)38)12-46(20)31(24)43-33)25(35)23(26(27)39)17-4-5-19(36)29-22(17)18(10-40)30(41)50-29/h4-5,15-16,20-21H,3,6-9,11-14,41H2,1-2H3/t15-,16?,20?,34+/m1/s1. The molecule has 0 aliphatic carbocycles. The number of amides is 1. The average molecular weight is 730 g/mol. The van der Waals surface area contributed by atoms with Gasteiger partial charge in [0.2, 0.25) is 12.3 Å². The van der Waals surface area contributed by atoms with Crippen LogP contribution in [0.15, 0.2) is 12.1 Å². The monoisotopic (exact) mass is 729 g/mol. The highest BCUT2D eigenvalue weighted by atomic mass is 35.5. The number of thiophene rings is 1. The van der Waals surface area contributed by atoms with Gasteiger partial charge in [-0.3, -0.25) is 9.69 Å². The smallest absolute Gasteiger partial charge is 0.319 e. The van der Waals surface area contributed by atoms with Crippen molar-refractivity contribution in [2.24, 2.45) is 5.92 Å². The lowest BCUT2D eigenvalue weighted by Crippen LogP contribution is -2.62. The lowest BCUT2D eigenvalue weighted by molar-refractivity contribution is -0.137. The van der Waals surface area contributed by atoms with Gasteiger partial charge in [-0.1, -0.05) is 24.6 Å². The minimum absolute atomic E-state index is 0.0313. The number of nitrogens with two attached hydrogens (primary N) is 1. The van der Waals surface area contributed by atoms with Crippen molar-refractivity contribution in [2.45, 2.75) is 56.7 Å². The fourth-order valence-electron chi connectivity index (χ4n) is 8.43. The Hall–Kier alpha value is -4.13. The first kappa shape index (κ1) is 33.0. The molecule has 2 N–H and O–H groups in total. The number of rotatable bonds is 6. The number of hydrogen-bond acceptors (Lipinski definition) is 10. The quantitative estimate of drug-likeness (QED) is 0.231. The molecule has 6 heterocycles. The molecule has 10 nitrogen and oxygen atoms in total. The van der Waals surface area contributed by atoms with Crippen LogP contribution < -0.4 is 20.1 Å². The third-order valence-electron chi connectivity index (χ3n) is 10.7. The molecule has 262 valence electrons. The summed E-state index contributed by atoms with van der Waals surface area (Å²) in [7, 11) is 1.47. The average Bonchev–Trinajstić information content (AvgIpc) is 3.68. The molecule has 8 rings (SSSR count). The molecule has 50 heavy (non-hydrogen) atoms. The van der Waals surface area contributed by atoms with E-state index in [1.165, 1.54) is 18.0 Å². The van der Waals surface area contributed by atoms with Crippen LogP contribution in [0.25, 0.3) is 32.1 Å². The third kappa shape index (κ3) is 4.93. The van der Waals surface area contributed by atoms with E-state index in [1.54, 1.807) is 4.90 Å². The number of piperazine rings is 1. The van der Waals surface area contributed by atoms with Crippen LogP contribution in [-0.2, 0) is 4.79 Å². The van der Waals surface area contributed by atoms with Gasteiger partial charge in [-0.25, -0.2) is 17.6 Å². The number of ether oxygens (including phenoxy) is 2. The molecule has 4 aliphatic heterocycles. The molecule has 4 aliphatic rings. The summed E-state index contributed by atoms with van der Waals surface area (Å²) in [5.41, 5.74) is 5.44. The number of anilines is 2. The maximum atomic E-state index is 17.2. The van der Waals surface area contributed by atoms with E-state index in [2.05, 4.69) is 16.8 Å². The van der Waals surface area contributed by atoms with Gasteiger partial charge < -0.3 is 25.0 Å². The van der Waals surface area contributed by atoms with Gasteiger partial charge in [0.1, 0.15) is 47.5 Å². The summed E-state index contributed by atoms with van der Waals surface area (Å²) in [6, 6.07) is 2.41. The number of carbonyl (C=O) groups excluding carboxylic acids is 1. The van der Waals surface area contributed by atoms with Crippen LogP contribution in [0.3, 0.4) is 0 Å². The van der Waals surface area contributed by atoms with Crippen LogP contribution >= 0.6 is 22.9 Å². The zero-order chi connectivity index (χ0) is 35.2. The number of alkyl halides is 2. The molecular formula is C34H32ClF4N7O3S. The highest BCUT2D eigenvalue weighted by Crippen LogP contribution is 2.51. The van der Waals surface area contributed by atoms with E-state index in [4.69, 9.17) is 31.8 Å². The third-order valence-corrected chi connectivity index (χ3v) is 12.1. The second-order valence-corrected chi connectivity index (χ2v) is 15.1. The summed E-state index contributed by atoms with van der Waals surface area (Å²) < 4.78 is 72.2. The SMILES string of the molecule is C[C@H]1CN2CCC[C@@]2(COc2nc3c4c(c(Cl)c(-c5ccc(F)c6sc(N)c(C#N)c56)c(F)c4n2)OCC2C(=O)N(C)C(CC(F)F)CN32)C1. The topological polar surface area (TPSA) is 121 Å². The lowest BCUT2D eigenvalue weighted by Gasteiger charge is -2.43. The van der Waals surface area contributed by atoms with Crippen LogP contribution in [0.1, 0.15) is 38.2 Å². The maximum Gasteiger partial charge on any atom is 0.319 e. The van der Waals surface area contributed by atoms with E-state index in [0.29, 0.717) is 5.92 Å². The highest BCUT2D eigenvalue weighted by molar-refractivity contribution is 7.23. The van der Waals surface area contributed by atoms with Crippen molar-refractivity contribution in [3.05, 3.63) is 34.4 Å². The molecule has 2 aromatic heterocycles. The zero-order valence-electron chi connectivity index (χ0n) is 27.1. The van der Waals surface area contributed by atoms with Gasteiger partial charge in [0.05, 0.1) is 32.3 Å². The van der Waals surface area contributed by atoms with E-state index < -0.39 is 42.5 Å². The Kier molecular flexibility index (Phi) is 7.92. The van der Waals surface area contributed by atoms with Gasteiger partial charge in [-0.15, -0.1) is 11.3 Å². The minimum atomic E-state index is -2.68. The Morgan fingerprint density at radius 1 is 1.26 bits per heavy atom. The molecule has 2 unspecified atom stereocenters. The molecule has 4 atom stereocenters. The van der Waals surface area contributed by atoms with Crippen LogP contribution in [0.4, 0.5) is 28.4 Å². The Balaban J connectivity index is 1.35. The molecular weight excluding hydrogens is 698 g/mol. The summed E-state index contributed by atoms with van der Waals surface area (Å²) >= 11 is 7.85. The number of halogens is 5. The van der Waals surface area contributed by atoms with Crippen LogP contribution in [-0.4, -0.2) is 89.6 Å². The van der Waals surface area contributed by atoms with Gasteiger partial charge in [0.15, 0.2) is 11.6 Å². The molecule has 0 radical (unpaired) electrons.